The maximum Gasteiger partial charge on any atom is 0.425 e. The van der Waals surface area contributed by atoms with Gasteiger partial charge in [0.25, 0.3) is 5.91 Å². The smallest absolute Gasteiger partial charge is 0.352 e. The molecule has 172 valence electrons. The van der Waals surface area contributed by atoms with Crippen molar-refractivity contribution in [2.75, 3.05) is 13.2 Å². The predicted octanol–water partition coefficient (Wildman–Crippen LogP) is 6.47. The maximum absolute atomic E-state index is 14.1. The number of halogens is 8. The molecule has 2 aromatic carbocycles. The lowest BCUT2D eigenvalue weighted by atomic mass is 9.90. The lowest BCUT2D eigenvalue weighted by molar-refractivity contribution is -0.254. The SMILES string of the molecule is Cc1cc(C2=CC(c3cc(Cl)cc(Cl)c3)(C(F)(F)F)OC2)ccc1C(=O)NCC(F)(F)F. The number of amides is 1. The van der Waals surface area contributed by atoms with Gasteiger partial charge in [-0.3, -0.25) is 4.79 Å². The molecule has 1 amide bonds. The Morgan fingerprint density at radius 2 is 1.69 bits per heavy atom. The molecule has 3 rings (SSSR count). The van der Waals surface area contributed by atoms with Crippen LogP contribution >= 0.6 is 23.2 Å². The first-order valence-corrected chi connectivity index (χ1v) is 9.82. The minimum atomic E-state index is -4.84. The first kappa shape index (κ1) is 24.4. The minimum absolute atomic E-state index is 0.00615. The van der Waals surface area contributed by atoms with Gasteiger partial charge in [-0.15, -0.1) is 0 Å². The molecular formula is C21H15Cl2F6NO2. The summed E-state index contributed by atoms with van der Waals surface area (Å²) < 4.78 is 84.4. The monoisotopic (exact) mass is 497 g/mol. The molecule has 32 heavy (non-hydrogen) atoms. The zero-order chi connectivity index (χ0) is 23.9. The summed E-state index contributed by atoms with van der Waals surface area (Å²) in [5.74, 6) is -0.943. The van der Waals surface area contributed by atoms with E-state index in [1.165, 1.54) is 31.2 Å². The van der Waals surface area contributed by atoms with Gasteiger partial charge in [-0.1, -0.05) is 35.3 Å². The Morgan fingerprint density at radius 1 is 1.06 bits per heavy atom. The third kappa shape index (κ3) is 5.05. The van der Waals surface area contributed by atoms with Crippen molar-refractivity contribution in [3.8, 4) is 0 Å². The van der Waals surface area contributed by atoms with Crippen molar-refractivity contribution in [1.82, 2.24) is 5.32 Å². The fourth-order valence-corrected chi connectivity index (χ4v) is 3.87. The summed E-state index contributed by atoms with van der Waals surface area (Å²) >= 11 is 11.8. The molecule has 0 aromatic heterocycles. The Bertz CT molecular complexity index is 1060. The highest BCUT2D eigenvalue weighted by Crippen LogP contribution is 2.49. The number of alkyl halides is 6. The Balaban J connectivity index is 1.96. The van der Waals surface area contributed by atoms with Crippen molar-refractivity contribution in [1.29, 1.82) is 0 Å². The standard InChI is InChI=1S/C21H15Cl2F6NO2/c1-11-4-12(2-3-17(11)18(31)30-10-20(24,25)26)13-8-19(32-9-13,21(27,28)29)14-5-15(22)7-16(23)6-14/h2-8H,9-10H2,1H3,(H,30,31). The second kappa shape index (κ2) is 8.61. The number of nitrogens with one attached hydrogen (secondary N) is 1. The normalized spacial score (nSPS) is 19.1. The Morgan fingerprint density at radius 3 is 2.22 bits per heavy atom. The van der Waals surface area contributed by atoms with Gasteiger partial charge in [0, 0.05) is 15.6 Å². The van der Waals surface area contributed by atoms with E-state index in [4.69, 9.17) is 27.9 Å². The van der Waals surface area contributed by atoms with Crippen LogP contribution in [0.5, 0.6) is 0 Å². The summed E-state index contributed by atoms with van der Waals surface area (Å²) in [6, 6.07) is 7.53. The number of hydrogen-bond acceptors (Lipinski definition) is 2. The van der Waals surface area contributed by atoms with E-state index in [1.807, 2.05) is 0 Å². The second-order valence-corrected chi connectivity index (χ2v) is 8.05. The maximum atomic E-state index is 14.1. The highest BCUT2D eigenvalue weighted by atomic mass is 35.5. The molecule has 1 unspecified atom stereocenters. The van der Waals surface area contributed by atoms with Crippen LogP contribution in [0.3, 0.4) is 0 Å². The number of ether oxygens (including phenoxy) is 1. The van der Waals surface area contributed by atoms with Gasteiger partial charge in [0.2, 0.25) is 5.60 Å². The predicted molar refractivity (Wildman–Crippen MR) is 108 cm³/mol. The van der Waals surface area contributed by atoms with E-state index in [2.05, 4.69) is 0 Å². The van der Waals surface area contributed by atoms with Crippen LogP contribution in [0.1, 0.15) is 27.0 Å². The van der Waals surface area contributed by atoms with Crippen LogP contribution in [0.4, 0.5) is 26.3 Å². The lowest BCUT2D eigenvalue weighted by Gasteiger charge is -2.30. The molecular weight excluding hydrogens is 483 g/mol. The molecule has 0 fully saturated rings. The van der Waals surface area contributed by atoms with E-state index >= 15 is 0 Å². The van der Waals surface area contributed by atoms with Crippen molar-refractivity contribution < 1.29 is 35.9 Å². The van der Waals surface area contributed by atoms with Gasteiger partial charge in [-0.25, -0.2) is 0 Å². The summed E-state index contributed by atoms with van der Waals surface area (Å²) in [6.45, 7) is -0.429. The van der Waals surface area contributed by atoms with Crippen LogP contribution in [0.25, 0.3) is 5.57 Å². The van der Waals surface area contributed by atoms with Gasteiger partial charge >= 0.3 is 12.4 Å². The van der Waals surface area contributed by atoms with Crippen LogP contribution in [-0.4, -0.2) is 31.4 Å². The minimum Gasteiger partial charge on any atom is -0.352 e. The van der Waals surface area contributed by atoms with Gasteiger partial charge in [-0.2, -0.15) is 26.3 Å². The molecule has 0 saturated heterocycles. The quantitative estimate of drug-likeness (QED) is 0.492. The highest BCUT2D eigenvalue weighted by Gasteiger charge is 2.58. The van der Waals surface area contributed by atoms with Crippen molar-refractivity contribution >= 4 is 34.7 Å². The van der Waals surface area contributed by atoms with Crippen LogP contribution < -0.4 is 5.32 Å². The molecule has 1 heterocycles. The van der Waals surface area contributed by atoms with Gasteiger partial charge in [-0.05, 0) is 59.5 Å². The topological polar surface area (TPSA) is 38.3 Å². The molecule has 0 bridgehead atoms. The molecule has 0 spiro atoms. The van der Waals surface area contributed by atoms with E-state index in [0.717, 1.165) is 18.2 Å². The molecule has 1 atom stereocenters. The lowest BCUT2D eigenvalue weighted by Crippen LogP contribution is -2.41. The molecule has 3 nitrogen and oxygen atoms in total. The molecule has 0 aliphatic carbocycles. The fourth-order valence-electron chi connectivity index (χ4n) is 3.34. The number of hydrogen-bond donors (Lipinski definition) is 1. The highest BCUT2D eigenvalue weighted by molar-refractivity contribution is 6.34. The van der Waals surface area contributed by atoms with E-state index < -0.39 is 37.0 Å². The Hall–Kier alpha value is -2.23. The van der Waals surface area contributed by atoms with Gasteiger partial charge in [0.15, 0.2) is 0 Å². The number of rotatable bonds is 4. The first-order chi connectivity index (χ1) is 14.7. The van der Waals surface area contributed by atoms with Crippen LogP contribution in [0.2, 0.25) is 10.0 Å². The number of carbonyl (C=O) groups excluding carboxylic acids is 1. The molecule has 1 N–H and O–H groups in total. The van der Waals surface area contributed by atoms with Crippen molar-refractivity contribution in [3.05, 3.63) is 74.8 Å². The Labute approximate surface area is 189 Å². The van der Waals surface area contributed by atoms with E-state index in [-0.39, 0.29) is 26.7 Å². The van der Waals surface area contributed by atoms with Crippen LogP contribution in [0.15, 0.2) is 42.5 Å². The third-order valence-electron chi connectivity index (χ3n) is 4.84. The molecule has 0 saturated carbocycles. The molecule has 1 aliphatic rings. The third-order valence-corrected chi connectivity index (χ3v) is 5.27. The first-order valence-electron chi connectivity index (χ1n) is 9.07. The summed E-state index contributed by atoms with van der Waals surface area (Å²) in [4.78, 5) is 12.0. The van der Waals surface area contributed by atoms with Crippen LogP contribution in [0, 0.1) is 6.92 Å². The number of aryl methyl sites for hydroxylation is 1. The van der Waals surface area contributed by atoms with Gasteiger partial charge in [0.05, 0.1) is 6.61 Å². The number of benzene rings is 2. The summed E-state index contributed by atoms with van der Waals surface area (Å²) in [6.07, 6.45) is -8.50. The average Bonchev–Trinajstić information content (AvgIpc) is 3.11. The second-order valence-electron chi connectivity index (χ2n) is 7.18. The summed E-state index contributed by atoms with van der Waals surface area (Å²) in [5, 5.41) is 1.77. The Kier molecular flexibility index (Phi) is 6.57. The van der Waals surface area contributed by atoms with E-state index in [0.29, 0.717) is 11.1 Å². The summed E-state index contributed by atoms with van der Waals surface area (Å²) in [5.41, 5.74) is -2.30. The van der Waals surface area contributed by atoms with Crippen molar-refractivity contribution in [3.63, 3.8) is 0 Å². The largest absolute Gasteiger partial charge is 0.425 e. The molecule has 2 aromatic rings. The molecule has 1 aliphatic heterocycles. The summed E-state index contributed by atoms with van der Waals surface area (Å²) in [7, 11) is 0. The molecule has 0 radical (unpaired) electrons. The van der Waals surface area contributed by atoms with Crippen molar-refractivity contribution in [2.24, 2.45) is 0 Å². The zero-order valence-corrected chi connectivity index (χ0v) is 17.8. The van der Waals surface area contributed by atoms with Crippen molar-refractivity contribution in [2.45, 2.75) is 24.9 Å². The van der Waals surface area contributed by atoms with E-state index in [1.54, 1.807) is 5.32 Å². The van der Waals surface area contributed by atoms with Gasteiger partial charge < -0.3 is 10.1 Å². The number of carbonyl (C=O) groups is 1. The van der Waals surface area contributed by atoms with Gasteiger partial charge in [0.1, 0.15) is 6.54 Å². The zero-order valence-electron chi connectivity index (χ0n) is 16.3. The van der Waals surface area contributed by atoms with E-state index in [9.17, 15) is 31.1 Å². The average molecular weight is 498 g/mol. The fraction of sp³-hybridized carbons (Fsp3) is 0.286. The van der Waals surface area contributed by atoms with Crippen LogP contribution in [-0.2, 0) is 10.3 Å². The molecule has 11 heteroatoms.